The molecule has 1 heterocycles. The van der Waals surface area contributed by atoms with Crippen molar-refractivity contribution in [1.82, 2.24) is 4.98 Å². The quantitative estimate of drug-likeness (QED) is 0.629. The van der Waals surface area contributed by atoms with Crippen LogP contribution in [-0.2, 0) is 11.4 Å². The average molecular weight is 379 g/mol. The van der Waals surface area contributed by atoms with Gasteiger partial charge in [0.05, 0.1) is 12.3 Å². The number of halogens is 1. The van der Waals surface area contributed by atoms with Crippen molar-refractivity contribution in [3.8, 4) is 5.75 Å². The molecule has 0 saturated carbocycles. The molecule has 0 unspecified atom stereocenters. The Morgan fingerprint density at radius 2 is 2.04 bits per heavy atom. The monoisotopic (exact) mass is 378 g/mol. The largest absolute Gasteiger partial charge is 0.507 e. The molecule has 2 N–H and O–H groups in total. The second-order valence-electron chi connectivity index (χ2n) is 5.97. The second kappa shape index (κ2) is 7.10. The number of hydrogen-bond acceptors (Lipinski definition) is 5. The van der Waals surface area contributed by atoms with E-state index in [0.29, 0.717) is 22.5 Å². The van der Waals surface area contributed by atoms with Gasteiger partial charge in [-0.1, -0.05) is 27.2 Å². The van der Waals surface area contributed by atoms with Crippen molar-refractivity contribution in [2.24, 2.45) is 5.16 Å². The molecule has 2 rings (SSSR count). The molecule has 0 radical (unpaired) electrons. The normalized spacial score (nSPS) is 12.3. The summed E-state index contributed by atoms with van der Waals surface area (Å²) in [6.07, 6.45) is 1.61. The summed E-state index contributed by atoms with van der Waals surface area (Å²) in [7, 11) is 0. The number of aliphatic hydroxyl groups excluding tert-OH is 1. The maximum Gasteiger partial charge on any atom is 0.139 e. The molecule has 1 aromatic carbocycles. The lowest BCUT2D eigenvalue weighted by Gasteiger charge is -2.18. The molecule has 0 bridgehead atoms. The van der Waals surface area contributed by atoms with Crippen LogP contribution in [0.4, 0.5) is 0 Å². The summed E-state index contributed by atoms with van der Waals surface area (Å²) in [5.41, 5.74) is 1.40. The van der Waals surface area contributed by atoms with Crippen molar-refractivity contribution in [3.63, 3.8) is 0 Å². The van der Waals surface area contributed by atoms with Crippen LogP contribution >= 0.6 is 15.9 Å². The van der Waals surface area contributed by atoms with Gasteiger partial charge in [0, 0.05) is 21.8 Å². The SMILES string of the molecule is CC(C)(C)O/N=C(/c1cc(Br)ccc1O)c1ncccc1CO. The molecule has 2 aromatic rings. The van der Waals surface area contributed by atoms with E-state index in [2.05, 4.69) is 26.1 Å². The van der Waals surface area contributed by atoms with Crippen LogP contribution in [0, 0.1) is 0 Å². The lowest BCUT2D eigenvalue weighted by Crippen LogP contribution is -2.19. The zero-order chi connectivity index (χ0) is 17.0. The van der Waals surface area contributed by atoms with Gasteiger partial charge < -0.3 is 15.1 Å². The topological polar surface area (TPSA) is 74.9 Å². The third kappa shape index (κ3) is 4.53. The molecule has 6 heteroatoms. The summed E-state index contributed by atoms with van der Waals surface area (Å²) in [5.74, 6) is 0.0546. The molecule has 1 aromatic heterocycles. The van der Waals surface area contributed by atoms with Crippen molar-refractivity contribution in [2.45, 2.75) is 33.0 Å². The minimum Gasteiger partial charge on any atom is -0.507 e. The van der Waals surface area contributed by atoms with E-state index in [9.17, 15) is 10.2 Å². The van der Waals surface area contributed by atoms with Crippen molar-refractivity contribution >= 4 is 21.6 Å². The fourth-order valence-corrected chi connectivity index (χ4v) is 2.24. The lowest BCUT2D eigenvalue weighted by atomic mass is 10.0. The fraction of sp³-hybridized carbons (Fsp3) is 0.294. The Morgan fingerprint density at radius 3 is 2.70 bits per heavy atom. The first-order chi connectivity index (χ1) is 10.8. The lowest BCUT2D eigenvalue weighted by molar-refractivity contribution is 0.00110. The van der Waals surface area contributed by atoms with E-state index in [1.54, 1.807) is 36.5 Å². The fourth-order valence-electron chi connectivity index (χ4n) is 1.88. The highest BCUT2D eigenvalue weighted by Gasteiger charge is 2.19. The van der Waals surface area contributed by atoms with Crippen LogP contribution in [0.5, 0.6) is 5.75 Å². The van der Waals surface area contributed by atoms with Gasteiger partial charge >= 0.3 is 0 Å². The van der Waals surface area contributed by atoms with Crippen molar-refractivity contribution in [1.29, 1.82) is 0 Å². The Morgan fingerprint density at radius 1 is 1.30 bits per heavy atom. The van der Waals surface area contributed by atoms with Crippen LogP contribution in [0.2, 0.25) is 0 Å². The average Bonchev–Trinajstić information content (AvgIpc) is 2.50. The number of benzene rings is 1. The number of oxime groups is 1. The van der Waals surface area contributed by atoms with Gasteiger partial charge in [-0.05, 0) is 45.0 Å². The summed E-state index contributed by atoms with van der Waals surface area (Å²) in [6.45, 7) is 5.44. The molecule has 0 atom stereocenters. The Labute approximate surface area is 143 Å². The number of nitrogens with zero attached hydrogens (tertiary/aromatic N) is 2. The van der Waals surface area contributed by atoms with Crippen LogP contribution < -0.4 is 0 Å². The molecule has 23 heavy (non-hydrogen) atoms. The van der Waals surface area contributed by atoms with Crippen LogP contribution in [-0.4, -0.2) is 26.5 Å². The van der Waals surface area contributed by atoms with E-state index >= 15 is 0 Å². The van der Waals surface area contributed by atoms with Crippen LogP contribution in [0.25, 0.3) is 0 Å². The van der Waals surface area contributed by atoms with Gasteiger partial charge in [-0.25, -0.2) is 0 Å². The van der Waals surface area contributed by atoms with Crippen molar-refractivity contribution < 1.29 is 15.1 Å². The summed E-state index contributed by atoms with van der Waals surface area (Å²) in [5, 5.41) is 24.0. The van der Waals surface area contributed by atoms with Crippen LogP contribution in [0.3, 0.4) is 0 Å². The molecular formula is C17H19BrN2O3. The summed E-state index contributed by atoms with van der Waals surface area (Å²) >= 11 is 3.39. The molecule has 5 nitrogen and oxygen atoms in total. The summed E-state index contributed by atoms with van der Waals surface area (Å²) in [4.78, 5) is 9.84. The molecule has 0 saturated heterocycles. The molecular weight excluding hydrogens is 360 g/mol. The number of rotatable bonds is 4. The van der Waals surface area contributed by atoms with Crippen molar-refractivity contribution in [2.75, 3.05) is 0 Å². The summed E-state index contributed by atoms with van der Waals surface area (Å²) in [6, 6.07) is 8.51. The number of aromatic nitrogens is 1. The van der Waals surface area contributed by atoms with Gasteiger partial charge in [0.15, 0.2) is 0 Å². The smallest absolute Gasteiger partial charge is 0.139 e. The maximum absolute atomic E-state index is 10.2. The number of hydrogen-bond donors (Lipinski definition) is 2. The third-order valence-corrected chi connectivity index (χ3v) is 3.40. The number of aliphatic hydroxyl groups is 1. The molecule has 122 valence electrons. The van der Waals surface area contributed by atoms with E-state index in [1.165, 1.54) is 0 Å². The molecule has 0 aliphatic carbocycles. The first-order valence-corrected chi connectivity index (χ1v) is 7.91. The van der Waals surface area contributed by atoms with E-state index in [4.69, 9.17) is 4.84 Å². The second-order valence-corrected chi connectivity index (χ2v) is 6.89. The minimum absolute atomic E-state index is 0.0546. The standard InChI is InChI=1S/C17H19BrN2O3/c1-17(2,3)23-20-16(13-9-12(18)6-7-14(13)22)15-11(10-21)5-4-8-19-15/h4-9,21-22H,10H2,1-3H3/b20-16-. The van der Waals surface area contributed by atoms with Gasteiger partial charge in [-0.3, -0.25) is 4.98 Å². The van der Waals surface area contributed by atoms with Gasteiger partial charge in [0.25, 0.3) is 0 Å². The Bertz CT molecular complexity index is 724. The molecule has 0 spiro atoms. The minimum atomic E-state index is -0.499. The molecule has 0 fully saturated rings. The predicted octanol–water partition coefficient (Wildman–Crippen LogP) is 3.61. The first kappa shape index (κ1) is 17.4. The number of pyridine rings is 1. The van der Waals surface area contributed by atoms with Crippen LogP contribution in [0.15, 0.2) is 46.2 Å². The van der Waals surface area contributed by atoms with E-state index < -0.39 is 5.60 Å². The van der Waals surface area contributed by atoms with E-state index in [0.717, 1.165) is 4.47 Å². The highest BCUT2D eigenvalue weighted by atomic mass is 79.9. The maximum atomic E-state index is 10.2. The summed E-state index contributed by atoms with van der Waals surface area (Å²) < 4.78 is 0.787. The zero-order valence-electron chi connectivity index (χ0n) is 13.2. The van der Waals surface area contributed by atoms with Gasteiger partial charge in [-0.15, -0.1) is 0 Å². The van der Waals surface area contributed by atoms with Crippen molar-refractivity contribution in [3.05, 3.63) is 57.8 Å². The Balaban J connectivity index is 2.63. The van der Waals surface area contributed by atoms with Gasteiger partial charge in [-0.2, -0.15) is 0 Å². The highest BCUT2D eigenvalue weighted by molar-refractivity contribution is 9.10. The molecule has 0 amide bonds. The van der Waals surface area contributed by atoms with Gasteiger partial charge in [0.1, 0.15) is 17.1 Å². The molecule has 0 aliphatic heterocycles. The zero-order valence-corrected chi connectivity index (χ0v) is 14.8. The number of phenols is 1. The van der Waals surface area contributed by atoms with Gasteiger partial charge in [0.2, 0.25) is 0 Å². The van der Waals surface area contributed by atoms with E-state index in [1.807, 2.05) is 20.8 Å². The first-order valence-electron chi connectivity index (χ1n) is 7.12. The van der Waals surface area contributed by atoms with Crippen LogP contribution in [0.1, 0.15) is 37.6 Å². The highest BCUT2D eigenvalue weighted by Crippen LogP contribution is 2.26. The Kier molecular flexibility index (Phi) is 5.38. The Hall–Kier alpha value is -1.92. The van der Waals surface area contributed by atoms with E-state index in [-0.39, 0.29) is 12.4 Å². The number of phenolic OH excluding ortho intramolecular Hbond substituents is 1. The number of aromatic hydroxyl groups is 1. The predicted molar refractivity (Wildman–Crippen MR) is 92.4 cm³/mol. The molecule has 0 aliphatic rings. The third-order valence-electron chi connectivity index (χ3n) is 2.91.